The molecule has 0 aromatic heterocycles. The summed E-state index contributed by atoms with van der Waals surface area (Å²) in [4.78, 5) is 16.1. The SMILES string of the molecule is CN1C(=O)N(c2ccccc2)[C@@H]2CNCC[C@@H]21.Cl. The van der Waals surface area contributed by atoms with Crippen molar-refractivity contribution in [3.63, 3.8) is 0 Å². The molecule has 2 aliphatic rings. The third kappa shape index (κ3) is 1.95. The van der Waals surface area contributed by atoms with E-state index in [1.807, 2.05) is 47.2 Å². The molecule has 1 aromatic rings. The van der Waals surface area contributed by atoms with Crippen LogP contribution in [0, 0.1) is 0 Å². The number of likely N-dealkylation sites (N-methyl/N-ethyl adjacent to an activating group) is 1. The topological polar surface area (TPSA) is 35.6 Å². The van der Waals surface area contributed by atoms with Crippen molar-refractivity contribution in [2.24, 2.45) is 0 Å². The third-order valence-electron chi connectivity index (χ3n) is 3.79. The van der Waals surface area contributed by atoms with Gasteiger partial charge < -0.3 is 10.2 Å². The predicted molar refractivity (Wildman–Crippen MR) is 74.4 cm³/mol. The van der Waals surface area contributed by atoms with Gasteiger partial charge in [-0.1, -0.05) is 18.2 Å². The highest BCUT2D eigenvalue weighted by molar-refractivity contribution is 5.95. The first-order valence-corrected chi connectivity index (χ1v) is 6.11. The largest absolute Gasteiger partial charge is 0.324 e. The van der Waals surface area contributed by atoms with Crippen molar-refractivity contribution in [1.29, 1.82) is 0 Å². The highest BCUT2D eigenvalue weighted by Gasteiger charge is 2.45. The van der Waals surface area contributed by atoms with Gasteiger partial charge in [0.15, 0.2) is 0 Å². The lowest BCUT2D eigenvalue weighted by Gasteiger charge is -2.31. The molecule has 2 heterocycles. The number of carbonyl (C=O) groups is 1. The molecule has 5 heteroatoms. The molecule has 98 valence electrons. The van der Waals surface area contributed by atoms with Gasteiger partial charge >= 0.3 is 6.03 Å². The van der Waals surface area contributed by atoms with Crippen molar-refractivity contribution in [3.05, 3.63) is 30.3 Å². The fourth-order valence-electron chi connectivity index (χ4n) is 2.89. The number of halogens is 1. The van der Waals surface area contributed by atoms with Crippen LogP contribution < -0.4 is 10.2 Å². The third-order valence-corrected chi connectivity index (χ3v) is 3.79. The first-order valence-electron chi connectivity index (χ1n) is 6.11. The van der Waals surface area contributed by atoms with E-state index in [1.54, 1.807) is 0 Å². The number of nitrogens with zero attached hydrogens (tertiary/aromatic N) is 2. The number of carbonyl (C=O) groups excluding carboxylic acids is 1. The van der Waals surface area contributed by atoms with Crippen LogP contribution in [0.1, 0.15) is 6.42 Å². The Kier molecular flexibility index (Phi) is 3.78. The Hall–Kier alpha value is -1.26. The van der Waals surface area contributed by atoms with E-state index >= 15 is 0 Å². The molecule has 0 radical (unpaired) electrons. The number of hydrogen-bond acceptors (Lipinski definition) is 2. The van der Waals surface area contributed by atoms with E-state index in [9.17, 15) is 4.79 Å². The lowest BCUT2D eigenvalue weighted by molar-refractivity contribution is 0.211. The Morgan fingerprint density at radius 3 is 2.67 bits per heavy atom. The minimum absolute atomic E-state index is 0. The number of urea groups is 1. The molecule has 2 amide bonds. The van der Waals surface area contributed by atoms with Crippen molar-refractivity contribution in [2.75, 3.05) is 25.0 Å². The summed E-state index contributed by atoms with van der Waals surface area (Å²) in [7, 11) is 1.91. The monoisotopic (exact) mass is 267 g/mol. The fraction of sp³-hybridized carbons (Fsp3) is 0.462. The molecule has 2 aliphatic heterocycles. The van der Waals surface area contributed by atoms with Crippen LogP contribution in [0.2, 0.25) is 0 Å². The average molecular weight is 268 g/mol. The minimum atomic E-state index is 0. The van der Waals surface area contributed by atoms with Gasteiger partial charge in [-0.05, 0) is 25.1 Å². The van der Waals surface area contributed by atoms with Crippen LogP contribution in [-0.2, 0) is 0 Å². The molecule has 1 N–H and O–H groups in total. The second-order valence-electron chi connectivity index (χ2n) is 4.73. The van der Waals surface area contributed by atoms with Gasteiger partial charge in [-0.15, -0.1) is 12.4 Å². The maximum Gasteiger partial charge on any atom is 0.324 e. The van der Waals surface area contributed by atoms with Gasteiger partial charge in [0, 0.05) is 19.3 Å². The second-order valence-corrected chi connectivity index (χ2v) is 4.73. The zero-order chi connectivity index (χ0) is 11.8. The van der Waals surface area contributed by atoms with Gasteiger partial charge in [0.1, 0.15) is 0 Å². The lowest BCUT2D eigenvalue weighted by atomic mass is 10.0. The molecule has 0 unspecified atom stereocenters. The summed E-state index contributed by atoms with van der Waals surface area (Å²) in [5, 5.41) is 3.38. The van der Waals surface area contributed by atoms with Crippen LogP contribution in [0.5, 0.6) is 0 Å². The van der Waals surface area contributed by atoms with Gasteiger partial charge in [-0.2, -0.15) is 0 Å². The zero-order valence-corrected chi connectivity index (χ0v) is 11.2. The normalized spacial score (nSPS) is 26.8. The van der Waals surface area contributed by atoms with E-state index in [0.29, 0.717) is 6.04 Å². The Balaban J connectivity index is 0.00000120. The number of piperidine rings is 1. The molecule has 2 saturated heterocycles. The van der Waals surface area contributed by atoms with Crippen LogP contribution in [0.4, 0.5) is 10.5 Å². The standard InChI is InChI=1S/C13H17N3O.ClH/c1-15-11-7-8-14-9-12(11)16(13(15)17)10-5-3-2-4-6-10;/h2-6,11-12,14H,7-9H2,1H3;1H/t11-,12+;/m0./s1. The summed E-state index contributed by atoms with van der Waals surface area (Å²) in [6.07, 6.45) is 1.04. The van der Waals surface area contributed by atoms with E-state index in [4.69, 9.17) is 0 Å². The number of anilines is 1. The summed E-state index contributed by atoms with van der Waals surface area (Å²) >= 11 is 0. The summed E-state index contributed by atoms with van der Waals surface area (Å²) in [5.41, 5.74) is 1.00. The first kappa shape index (κ1) is 13.2. The van der Waals surface area contributed by atoms with E-state index in [-0.39, 0.29) is 24.5 Å². The van der Waals surface area contributed by atoms with Gasteiger partial charge in [0.2, 0.25) is 0 Å². The number of fused-ring (bicyclic) bond motifs is 1. The van der Waals surface area contributed by atoms with Gasteiger partial charge in [0.25, 0.3) is 0 Å². The van der Waals surface area contributed by atoms with E-state index < -0.39 is 0 Å². The molecular weight excluding hydrogens is 250 g/mol. The Bertz CT molecular complexity index is 426. The number of rotatable bonds is 1. The van der Waals surface area contributed by atoms with Crippen molar-refractivity contribution >= 4 is 24.1 Å². The molecule has 0 aliphatic carbocycles. The van der Waals surface area contributed by atoms with Crippen LogP contribution in [0.3, 0.4) is 0 Å². The van der Waals surface area contributed by atoms with Gasteiger partial charge in [-0.3, -0.25) is 4.90 Å². The van der Waals surface area contributed by atoms with E-state index in [2.05, 4.69) is 5.32 Å². The molecular formula is C13H18ClN3O. The Morgan fingerprint density at radius 2 is 1.94 bits per heavy atom. The molecule has 18 heavy (non-hydrogen) atoms. The van der Waals surface area contributed by atoms with E-state index in [1.165, 1.54) is 0 Å². The lowest BCUT2D eigenvalue weighted by Crippen LogP contribution is -2.50. The van der Waals surface area contributed by atoms with Gasteiger partial charge in [0.05, 0.1) is 12.1 Å². The molecule has 1 aromatic carbocycles. The van der Waals surface area contributed by atoms with Crippen molar-refractivity contribution in [1.82, 2.24) is 10.2 Å². The predicted octanol–water partition coefficient (Wildman–Crippen LogP) is 1.71. The molecule has 3 rings (SSSR count). The number of nitrogens with one attached hydrogen (secondary N) is 1. The maximum absolute atomic E-state index is 12.3. The molecule has 0 saturated carbocycles. The highest BCUT2D eigenvalue weighted by Crippen LogP contribution is 2.30. The molecule has 2 atom stereocenters. The first-order chi connectivity index (χ1) is 8.29. The number of amides is 2. The highest BCUT2D eigenvalue weighted by atomic mass is 35.5. The van der Waals surface area contributed by atoms with E-state index in [0.717, 1.165) is 25.2 Å². The summed E-state index contributed by atoms with van der Waals surface area (Å²) in [6, 6.07) is 10.7. The Morgan fingerprint density at radius 1 is 1.22 bits per heavy atom. The number of hydrogen-bond donors (Lipinski definition) is 1. The smallest absolute Gasteiger partial charge is 0.322 e. The quantitative estimate of drug-likeness (QED) is 0.841. The Labute approximate surface area is 113 Å². The minimum Gasteiger partial charge on any atom is -0.322 e. The summed E-state index contributed by atoms with van der Waals surface area (Å²) < 4.78 is 0. The summed E-state index contributed by atoms with van der Waals surface area (Å²) in [5.74, 6) is 0. The second kappa shape index (κ2) is 5.16. The number of benzene rings is 1. The summed E-state index contributed by atoms with van der Waals surface area (Å²) in [6.45, 7) is 1.89. The van der Waals surface area contributed by atoms with Crippen LogP contribution in [0.25, 0.3) is 0 Å². The molecule has 0 bridgehead atoms. The van der Waals surface area contributed by atoms with Gasteiger partial charge in [-0.25, -0.2) is 4.79 Å². The maximum atomic E-state index is 12.3. The molecule has 4 nitrogen and oxygen atoms in total. The van der Waals surface area contributed by atoms with Crippen LogP contribution in [0.15, 0.2) is 30.3 Å². The number of para-hydroxylation sites is 1. The van der Waals surface area contributed by atoms with Crippen LogP contribution in [-0.4, -0.2) is 43.2 Å². The fourth-order valence-corrected chi connectivity index (χ4v) is 2.89. The molecule has 2 fully saturated rings. The van der Waals surface area contributed by atoms with Crippen LogP contribution >= 0.6 is 12.4 Å². The zero-order valence-electron chi connectivity index (χ0n) is 10.4. The van der Waals surface area contributed by atoms with Crippen molar-refractivity contribution in [3.8, 4) is 0 Å². The average Bonchev–Trinajstić information content (AvgIpc) is 2.64. The van der Waals surface area contributed by atoms with Crippen molar-refractivity contribution < 1.29 is 4.79 Å². The molecule has 0 spiro atoms. The van der Waals surface area contributed by atoms with Crippen molar-refractivity contribution in [2.45, 2.75) is 18.5 Å².